The third kappa shape index (κ3) is 4.65. The fourth-order valence-corrected chi connectivity index (χ4v) is 2.67. The van der Waals surface area contributed by atoms with E-state index < -0.39 is 0 Å². The maximum Gasteiger partial charge on any atom is 0.191 e. The van der Waals surface area contributed by atoms with Crippen molar-refractivity contribution in [3.8, 4) is 0 Å². The number of rotatable bonds is 4. The Labute approximate surface area is 158 Å². The van der Waals surface area contributed by atoms with Gasteiger partial charge < -0.3 is 15.2 Å². The maximum absolute atomic E-state index is 12.9. The average molecular weight is 444 g/mol. The van der Waals surface area contributed by atoms with Gasteiger partial charge in [-0.2, -0.15) is 0 Å². The Hall–Kier alpha value is -1.71. The van der Waals surface area contributed by atoms with Crippen molar-refractivity contribution in [2.45, 2.75) is 38.9 Å². The number of guanidine groups is 1. The summed E-state index contributed by atoms with van der Waals surface area (Å²) in [5.41, 5.74) is 0.995. The Bertz CT molecular complexity index is 682. The summed E-state index contributed by atoms with van der Waals surface area (Å²) < 4.78 is 15.1. The van der Waals surface area contributed by atoms with Crippen molar-refractivity contribution >= 4 is 29.9 Å². The van der Waals surface area contributed by atoms with Gasteiger partial charge in [0.25, 0.3) is 0 Å². The highest BCUT2D eigenvalue weighted by atomic mass is 127. The normalized spacial score (nSPS) is 13.8. The molecule has 3 rings (SSSR count). The van der Waals surface area contributed by atoms with Crippen LogP contribution in [0.2, 0.25) is 0 Å². The molecular weight excluding hydrogens is 422 g/mol. The van der Waals surface area contributed by atoms with Crippen molar-refractivity contribution < 1.29 is 4.39 Å². The van der Waals surface area contributed by atoms with E-state index in [1.165, 1.54) is 25.0 Å². The maximum atomic E-state index is 12.9. The molecule has 0 aliphatic carbocycles. The van der Waals surface area contributed by atoms with Crippen molar-refractivity contribution in [2.24, 2.45) is 4.99 Å². The van der Waals surface area contributed by atoms with Gasteiger partial charge in [0, 0.05) is 26.6 Å². The van der Waals surface area contributed by atoms with Gasteiger partial charge in [-0.05, 0) is 30.5 Å². The SMILES string of the molecule is CN=C(NCc1ccc(F)cc1)NCc1nnc2n1CCCC2.I. The van der Waals surface area contributed by atoms with Gasteiger partial charge >= 0.3 is 0 Å². The Morgan fingerprint density at radius 2 is 1.92 bits per heavy atom. The van der Waals surface area contributed by atoms with Crippen molar-refractivity contribution in [1.29, 1.82) is 0 Å². The minimum atomic E-state index is -0.229. The molecule has 24 heavy (non-hydrogen) atoms. The summed E-state index contributed by atoms with van der Waals surface area (Å²) in [5.74, 6) is 2.46. The molecule has 1 aliphatic rings. The third-order valence-corrected chi connectivity index (χ3v) is 3.95. The summed E-state index contributed by atoms with van der Waals surface area (Å²) >= 11 is 0. The van der Waals surface area contributed by atoms with Crippen molar-refractivity contribution in [3.63, 3.8) is 0 Å². The van der Waals surface area contributed by atoms with Crippen molar-refractivity contribution in [2.75, 3.05) is 7.05 Å². The van der Waals surface area contributed by atoms with E-state index in [4.69, 9.17) is 0 Å². The Kier molecular flexibility index (Phi) is 6.95. The van der Waals surface area contributed by atoms with Gasteiger partial charge in [0.2, 0.25) is 0 Å². The lowest BCUT2D eigenvalue weighted by atomic mass is 10.2. The van der Waals surface area contributed by atoms with Crippen LogP contribution in [0.25, 0.3) is 0 Å². The van der Waals surface area contributed by atoms with Crippen LogP contribution in [0.4, 0.5) is 4.39 Å². The lowest BCUT2D eigenvalue weighted by molar-refractivity contribution is 0.504. The van der Waals surface area contributed by atoms with Gasteiger partial charge in [0.05, 0.1) is 6.54 Å². The number of hydrogen-bond acceptors (Lipinski definition) is 3. The monoisotopic (exact) mass is 444 g/mol. The van der Waals surface area contributed by atoms with E-state index in [9.17, 15) is 4.39 Å². The molecule has 0 saturated heterocycles. The minimum Gasteiger partial charge on any atom is -0.352 e. The van der Waals surface area contributed by atoms with Gasteiger partial charge in [-0.1, -0.05) is 12.1 Å². The van der Waals surface area contributed by atoms with Crippen LogP contribution in [0.5, 0.6) is 0 Å². The Balaban J connectivity index is 0.00000208. The molecule has 0 atom stereocenters. The van der Waals surface area contributed by atoms with Crippen molar-refractivity contribution in [1.82, 2.24) is 25.4 Å². The predicted octanol–water partition coefficient (Wildman–Crippen LogP) is 2.24. The smallest absolute Gasteiger partial charge is 0.191 e. The summed E-state index contributed by atoms with van der Waals surface area (Å²) in [6.07, 6.45) is 3.37. The standard InChI is InChI=1S/C16H21FN6.HI/c1-18-16(19-10-12-5-7-13(17)8-6-12)20-11-15-22-21-14-4-2-3-9-23(14)15;/h5-8H,2-4,9-11H2,1H3,(H2,18,19,20);1H. The highest BCUT2D eigenvalue weighted by Crippen LogP contribution is 2.13. The number of aryl methyl sites for hydroxylation is 1. The van der Waals surface area contributed by atoms with Crippen LogP contribution >= 0.6 is 24.0 Å². The van der Waals surface area contributed by atoms with Crippen LogP contribution in [0, 0.1) is 5.82 Å². The first-order valence-corrected chi connectivity index (χ1v) is 7.86. The lowest BCUT2D eigenvalue weighted by Gasteiger charge is -2.16. The van der Waals surface area contributed by atoms with Gasteiger partial charge in [0.15, 0.2) is 11.8 Å². The number of aliphatic imine (C=N–C) groups is 1. The van der Waals surface area contributed by atoms with E-state index in [2.05, 4.69) is 30.4 Å². The molecule has 8 heteroatoms. The third-order valence-electron chi connectivity index (χ3n) is 3.95. The first-order valence-electron chi connectivity index (χ1n) is 7.86. The van der Waals surface area contributed by atoms with E-state index in [0.29, 0.717) is 19.0 Å². The summed E-state index contributed by atoms with van der Waals surface area (Å²) in [7, 11) is 1.72. The first kappa shape index (κ1) is 18.6. The molecule has 0 bridgehead atoms. The molecule has 2 N–H and O–H groups in total. The fraction of sp³-hybridized carbons (Fsp3) is 0.438. The van der Waals surface area contributed by atoms with E-state index in [-0.39, 0.29) is 29.8 Å². The molecule has 0 unspecified atom stereocenters. The number of hydrogen-bond donors (Lipinski definition) is 2. The molecule has 1 aromatic carbocycles. The molecular formula is C16H22FIN6. The zero-order chi connectivity index (χ0) is 16.1. The van der Waals surface area contributed by atoms with E-state index in [0.717, 1.165) is 30.2 Å². The van der Waals surface area contributed by atoms with Crippen LogP contribution in [0.1, 0.15) is 30.1 Å². The highest BCUT2D eigenvalue weighted by Gasteiger charge is 2.15. The second kappa shape index (κ2) is 8.95. The fourth-order valence-electron chi connectivity index (χ4n) is 2.67. The van der Waals surface area contributed by atoms with Crippen molar-refractivity contribution in [3.05, 3.63) is 47.3 Å². The van der Waals surface area contributed by atoms with Gasteiger partial charge in [-0.25, -0.2) is 4.39 Å². The summed E-state index contributed by atoms with van der Waals surface area (Å²) in [5, 5.41) is 14.9. The molecule has 0 amide bonds. The predicted molar refractivity (Wildman–Crippen MR) is 102 cm³/mol. The zero-order valence-electron chi connectivity index (χ0n) is 13.6. The number of nitrogens with zero attached hydrogens (tertiary/aromatic N) is 4. The molecule has 0 radical (unpaired) electrons. The quantitative estimate of drug-likeness (QED) is 0.432. The molecule has 130 valence electrons. The second-order valence-corrected chi connectivity index (χ2v) is 5.55. The average Bonchev–Trinajstić information content (AvgIpc) is 3.00. The van der Waals surface area contributed by atoms with E-state index >= 15 is 0 Å². The van der Waals surface area contributed by atoms with E-state index in [1.54, 1.807) is 19.2 Å². The molecule has 2 aromatic rings. The summed E-state index contributed by atoms with van der Waals surface area (Å²) in [6, 6.07) is 6.42. The van der Waals surface area contributed by atoms with Gasteiger partial charge in [0.1, 0.15) is 11.6 Å². The molecule has 0 spiro atoms. The van der Waals surface area contributed by atoms with Crippen LogP contribution in [-0.2, 0) is 26.1 Å². The molecule has 2 heterocycles. The summed E-state index contributed by atoms with van der Waals surface area (Å²) in [4.78, 5) is 4.20. The van der Waals surface area contributed by atoms with Gasteiger partial charge in [-0.3, -0.25) is 4.99 Å². The van der Waals surface area contributed by atoms with Crippen LogP contribution in [-0.4, -0.2) is 27.8 Å². The zero-order valence-corrected chi connectivity index (χ0v) is 16.0. The largest absolute Gasteiger partial charge is 0.352 e. The summed E-state index contributed by atoms with van der Waals surface area (Å²) in [6.45, 7) is 2.15. The number of benzene rings is 1. The lowest BCUT2D eigenvalue weighted by Crippen LogP contribution is -2.37. The topological polar surface area (TPSA) is 67.1 Å². The molecule has 1 aliphatic heterocycles. The number of fused-ring (bicyclic) bond motifs is 1. The highest BCUT2D eigenvalue weighted by molar-refractivity contribution is 14.0. The van der Waals surface area contributed by atoms with Crippen LogP contribution < -0.4 is 10.6 Å². The second-order valence-electron chi connectivity index (χ2n) is 5.55. The van der Waals surface area contributed by atoms with Crippen LogP contribution in [0.15, 0.2) is 29.3 Å². The minimum absolute atomic E-state index is 0. The Morgan fingerprint density at radius 3 is 2.67 bits per heavy atom. The van der Waals surface area contributed by atoms with Crippen LogP contribution in [0.3, 0.4) is 0 Å². The number of nitrogens with one attached hydrogen (secondary N) is 2. The number of halogens is 2. The van der Waals surface area contributed by atoms with Gasteiger partial charge in [-0.15, -0.1) is 34.2 Å². The first-order chi connectivity index (χ1) is 11.3. The van der Waals surface area contributed by atoms with E-state index in [1.807, 2.05) is 0 Å². The number of aromatic nitrogens is 3. The molecule has 6 nitrogen and oxygen atoms in total. The molecule has 0 saturated carbocycles. The molecule has 1 aromatic heterocycles. The molecule has 0 fully saturated rings. The Morgan fingerprint density at radius 1 is 1.17 bits per heavy atom.